The Labute approximate surface area is 189 Å². The molecular formula is C20H31FIN7. The van der Waals surface area contributed by atoms with Crippen molar-refractivity contribution in [1.29, 1.82) is 0 Å². The topological polar surface area (TPSA) is 60.7 Å². The molecular weight excluding hydrogens is 484 g/mol. The van der Waals surface area contributed by atoms with Crippen LogP contribution in [0.15, 0.2) is 35.5 Å². The van der Waals surface area contributed by atoms with Gasteiger partial charge < -0.3 is 20.4 Å². The van der Waals surface area contributed by atoms with Crippen LogP contribution in [0.25, 0.3) is 0 Å². The Bertz CT molecular complexity index is 800. The number of piperazine rings is 1. The van der Waals surface area contributed by atoms with Crippen LogP contribution in [0.2, 0.25) is 0 Å². The highest BCUT2D eigenvalue weighted by Crippen LogP contribution is 2.22. The van der Waals surface area contributed by atoms with Gasteiger partial charge in [0, 0.05) is 53.0 Å². The van der Waals surface area contributed by atoms with Gasteiger partial charge in [-0.05, 0) is 30.3 Å². The molecule has 1 saturated heterocycles. The van der Waals surface area contributed by atoms with Gasteiger partial charge in [0.1, 0.15) is 5.82 Å². The second-order valence-electron chi connectivity index (χ2n) is 6.93. The molecule has 3 rings (SSSR count). The predicted octanol–water partition coefficient (Wildman–Crippen LogP) is 2.18. The molecule has 2 N–H and O–H groups in total. The summed E-state index contributed by atoms with van der Waals surface area (Å²) in [5.41, 5.74) is 2.64. The van der Waals surface area contributed by atoms with Crippen LogP contribution in [0.4, 0.5) is 10.1 Å². The van der Waals surface area contributed by atoms with Crippen LogP contribution in [0.3, 0.4) is 0 Å². The molecule has 160 valence electrons. The number of likely N-dealkylation sites (N-methyl/N-ethyl adjacent to an activating group) is 1. The van der Waals surface area contributed by atoms with E-state index in [1.807, 2.05) is 29.9 Å². The van der Waals surface area contributed by atoms with Gasteiger partial charge in [0.25, 0.3) is 0 Å². The Balaban J connectivity index is 0.00000300. The molecule has 2 aromatic rings. The van der Waals surface area contributed by atoms with Crippen molar-refractivity contribution in [1.82, 2.24) is 25.3 Å². The first kappa shape index (κ1) is 23.4. The number of hydrogen-bond acceptors (Lipinski definition) is 4. The van der Waals surface area contributed by atoms with Crippen LogP contribution in [-0.2, 0) is 20.1 Å². The van der Waals surface area contributed by atoms with Gasteiger partial charge in [-0.25, -0.2) is 4.39 Å². The first-order valence-corrected chi connectivity index (χ1v) is 9.77. The third kappa shape index (κ3) is 6.30. The molecule has 0 aliphatic carbocycles. The van der Waals surface area contributed by atoms with E-state index in [0.717, 1.165) is 44.0 Å². The summed E-state index contributed by atoms with van der Waals surface area (Å²) in [6, 6.07) is 7.43. The molecule has 1 aromatic carbocycles. The highest BCUT2D eigenvalue weighted by Gasteiger charge is 2.18. The van der Waals surface area contributed by atoms with Crippen LogP contribution in [0.1, 0.15) is 18.2 Å². The Kier molecular flexibility index (Phi) is 9.15. The molecule has 0 amide bonds. The largest absolute Gasteiger partial charge is 0.367 e. The lowest BCUT2D eigenvalue weighted by molar-refractivity contribution is 0.270. The predicted molar refractivity (Wildman–Crippen MR) is 126 cm³/mol. The maximum Gasteiger partial charge on any atom is 0.191 e. The van der Waals surface area contributed by atoms with E-state index in [4.69, 9.17) is 0 Å². The van der Waals surface area contributed by atoms with E-state index in [-0.39, 0.29) is 29.8 Å². The van der Waals surface area contributed by atoms with Gasteiger partial charge in [0.2, 0.25) is 0 Å². The molecule has 0 spiro atoms. The summed E-state index contributed by atoms with van der Waals surface area (Å²) in [5, 5.41) is 10.6. The van der Waals surface area contributed by atoms with Crippen LogP contribution in [0.5, 0.6) is 0 Å². The minimum Gasteiger partial charge on any atom is -0.367 e. The van der Waals surface area contributed by atoms with E-state index in [2.05, 4.69) is 37.4 Å². The van der Waals surface area contributed by atoms with Crippen LogP contribution >= 0.6 is 24.0 Å². The number of benzene rings is 1. The molecule has 1 aliphatic rings. The number of rotatable bonds is 6. The summed E-state index contributed by atoms with van der Waals surface area (Å²) >= 11 is 0. The first-order chi connectivity index (χ1) is 13.6. The van der Waals surface area contributed by atoms with Crippen molar-refractivity contribution in [2.24, 2.45) is 12.0 Å². The molecule has 9 heteroatoms. The standard InChI is InChI=1S/C20H30FN7.HI/c1-4-27-9-11-28(12-10-27)19-6-5-16(13-18(19)21)14-23-20(22-2)24-15-17-7-8-25-26(17)3;/h5-8,13H,4,9-12,14-15H2,1-3H3,(H2,22,23,24);1H. The minimum atomic E-state index is -0.165. The van der Waals surface area contributed by atoms with Crippen LogP contribution in [-0.4, -0.2) is 60.4 Å². The zero-order chi connectivity index (χ0) is 19.9. The second-order valence-corrected chi connectivity index (χ2v) is 6.93. The molecule has 1 aliphatic heterocycles. The molecule has 0 radical (unpaired) electrons. The van der Waals surface area contributed by atoms with Crippen molar-refractivity contribution in [2.45, 2.75) is 20.0 Å². The van der Waals surface area contributed by atoms with E-state index in [0.29, 0.717) is 24.7 Å². The van der Waals surface area contributed by atoms with E-state index in [1.165, 1.54) is 0 Å². The van der Waals surface area contributed by atoms with Gasteiger partial charge in [-0.2, -0.15) is 5.10 Å². The van der Waals surface area contributed by atoms with Gasteiger partial charge in [-0.3, -0.25) is 9.67 Å². The van der Waals surface area contributed by atoms with Gasteiger partial charge >= 0.3 is 0 Å². The summed E-state index contributed by atoms with van der Waals surface area (Å²) in [4.78, 5) is 8.74. The minimum absolute atomic E-state index is 0. The summed E-state index contributed by atoms with van der Waals surface area (Å²) in [7, 11) is 3.62. The average molecular weight is 515 g/mol. The van der Waals surface area contributed by atoms with E-state index in [9.17, 15) is 4.39 Å². The maximum atomic E-state index is 14.7. The number of halogens is 2. The molecule has 1 fully saturated rings. The van der Waals surface area contributed by atoms with Crippen LogP contribution in [0, 0.1) is 5.82 Å². The molecule has 1 aromatic heterocycles. The summed E-state index contributed by atoms with van der Waals surface area (Å²) in [6.45, 7) is 8.04. The van der Waals surface area contributed by atoms with Crippen LogP contribution < -0.4 is 15.5 Å². The molecule has 2 heterocycles. The monoisotopic (exact) mass is 515 g/mol. The fraction of sp³-hybridized carbons (Fsp3) is 0.500. The highest BCUT2D eigenvalue weighted by molar-refractivity contribution is 14.0. The zero-order valence-electron chi connectivity index (χ0n) is 17.4. The Hall–Kier alpha value is -1.88. The molecule has 29 heavy (non-hydrogen) atoms. The second kappa shape index (κ2) is 11.3. The van der Waals surface area contributed by atoms with Crippen molar-refractivity contribution in [3.63, 3.8) is 0 Å². The van der Waals surface area contributed by atoms with Gasteiger partial charge in [0.15, 0.2) is 5.96 Å². The normalized spacial score (nSPS) is 15.2. The Morgan fingerprint density at radius 1 is 1.14 bits per heavy atom. The zero-order valence-corrected chi connectivity index (χ0v) is 19.7. The summed E-state index contributed by atoms with van der Waals surface area (Å²) in [6.07, 6.45) is 1.76. The van der Waals surface area contributed by atoms with E-state index >= 15 is 0 Å². The smallest absolute Gasteiger partial charge is 0.191 e. The SMILES string of the molecule is CCN1CCN(c2ccc(CNC(=NC)NCc3ccnn3C)cc2F)CC1.I. The van der Waals surface area contributed by atoms with Crippen molar-refractivity contribution in [2.75, 3.05) is 44.7 Å². The fourth-order valence-corrected chi connectivity index (χ4v) is 3.38. The quantitative estimate of drug-likeness (QED) is 0.351. The summed E-state index contributed by atoms with van der Waals surface area (Å²) < 4.78 is 16.5. The van der Waals surface area contributed by atoms with E-state index < -0.39 is 0 Å². The average Bonchev–Trinajstić information content (AvgIpc) is 3.13. The number of guanidine groups is 1. The van der Waals surface area contributed by atoms with Crippen molar-refractivity contribution >= 4 is 35.6 Å². The number of hydrogen-bond donors (Lipinski definition) is 2. The molecule has 0 saturated carbocycles. The summed E-state index contributed by atoms with van der Waals surface area (Å²) in [5.74, 6) is 0.503. The lowest BCUT2D eigenvalue weighted by Gasteiger charge is -2.35. The number of nitrogens with one attached hydrogen (secondary N) is 2. The lowest BCUT2D eigenvalue weighted by atomic mass is 10.1. The number of aryl methyl sites for hydroxylation is 1. The molecule has 0 bridgehead atoms. The Morgan fingerprint density at radius 2 is 1.86 bits per heavy atom. The maximum absolute atomic E-state index is 14.7. The number of nitrogens with zero attached hydrogens (tertiary/aromatic N) is 5. The third-order valence-electron chi connectivity index (χ3n) is 5.22. The fourth-order valence-electron chi connectivity index (χ4n) is 3.38. The molecule has 0 unspecified atom stereocenters. The number of aromatic nitrogens is 2. The molecule has 7 nitrogen and oxygen atoms in total. The van der Waals surface area contributed by atoms with Crippen molar-refractivity contribution in [3.8, 4) is 0 Å². The van der Waals surface area contributed by atoms with Gasteiger partial charge in [0.05, 0.1) is 17.9 Å². The van der Waals surface area contributed by atoms with Crippen molar-refractivity contribution < 1.29 is 4.39 Å². The third-order valence-corrected chi connectivity index (χ3v) is 5.22. The van der Waals surface area contributed by atoms with Crippen molar-refractivity contribution in [3.05, 3.63) is 47.5 Å². The van der Waals surface area contributed by atoms with Gasteiger partial charge in [-0.15, -0.1) is 24.0 Å². The Morgan fingerprint density at radius 3 is 2.45 bits per heavy atom. The van der Waals surface area contributed by atoms with Gasteiger partial charge in [-0.1, -0.05) is 13.0 Å². The van der Waals surface area contributed by atoms with E-state index in [1.54, 1.807) is 19.3 Å². The highest BCUT2D eigenvalue weighted by atomic mass is 127. The first-order valence-electron chi connectivity index (χ1n) is 9.77. The number of anilines is 1. The lowest BCUT2D eigenvalue weighted by Crippen LogP contribution is -2.46. The number of aliphatic imine (C=N–C) groups is 1. The molecule has 0 atom stereocenters.